The molecule has 1 aliphatic heterocycles. The van der Waals surface area contributed by atoms with Crippen molar-refractivity contribution in [3.63, 3.8) is 0 Å². The summed E-state index contributed by atoms with van der Waals surface area (Å²) in [6, 6.07) is 8.02. The van der Waals surface area contributed by atoms with Gasteiger partial charge in [0.25, 0.3) is 0 Å². The third-order valence-corrected chi connectivity index (χ3v) is 4.84. The molecule has 0 radical (unpaired) electrons. The Balaban J connectivity index is 2.02. The second-order valence-electron chi connectivity index (χ2n) is 5.63. The molecule has 110 valence electrons. The van der Waals surface area contributed by atoms with E-state index in [1.807, 2.05) is 18.2 Å². The normalized spacial score (nSPS) is 16.9. The molecule has 0 N–H and O–H groups in total. The lowest BCUT2D eigenvalue weighted by Gasteiger charge is -2.13. The molecule has 0 fully saturated rings. The van der Waals surface area contributed by atoms with E-state index in [0.29, 0.717) is 17.7 Å². The van der Waals surface area contributed by atoms with E-state index in [1.54, 1.807) is 0 Å². The Morgan fingerprint density at radius 3 is 2.86 bits per heavy atom. The van der Waals surface area contributed by atoms with Gasteiger partial charge in [0.05, 0.1) is 16.1 Å². The second kappa shape index (κ2) is 5.93. The van der Waals surface area contributed by atoms with E-state index >= 15 is 0 Å². The zero-order chi connectivity index (χ0) is 15.0. The quantitative estimate of drug-likeness (QED) is 0.743. The molecule has 2 heterocycles. The Labute approximate surface area is 137 Å². The van der Waals surface area contributed by atoms with Gasteiger partial charge in [-0.2, -0.15) is 0 Å². The maximum Gasteiger partial charge on any atom is 0.147 e. The van der Waals surface area contributed by atoms with Gasteiger partial charge in [-0.1, -0.05) is 43.6 Å². The fraction of sp³-hybridized carbons (Fsp3) is 0.375. The molecule has 0 bridgehead atoms. The van der Waals surface area contributed by atoms with E-state index in [-0.39, 0.29) is 5.92 Å². The standard InChI is InChI=1S/C16H16BrClN2O/c1-9(2)7-12-14(17)15(18)20-16(19-12)11-8-21-13-6-4-3-5-10(11)13/h3-6,9,11H,7-8H2,1-2H3. The fourth-order valence-electron chi connectivity index (χ4n) is 2.54. The monoisotopic (exact) mass is 366 g/mol. The zero-order valence-electron chi connectivity index (χ0n) is 11.9. The molecule has 2 aromatic rings. The Kier molecular flexibility index (Phi) is 4.18. The summed E-state index contributed by atoms with van der Waals surface area (Å²) in [5.74, 6) is 2.21. The molecular formula is C16H16BrClN2O. The summed E-state index contributed by atoms with van der Waals surface area (Å²) in [4.78, 5) is 9.18. The highest BCUT2D eigenvalue weighted by Gasteiger charge is 2.28. The number of rotatable bonds is 3. The van der Waals surface area contributed by atoms with E-state index in [1.165, 1.54) is 0 Å². The van der Waals surface area contributed by atoms with Gasteiger partial charge in [0.2, 0.25) is 0 Å². The van der Waals surface area contributed by atoms with Gasteiger partial charge in [0.1, 0.15) is 23.3 Å². The van der Waals surface area contributed by atoms with Crippen LogP contribution in [-0.4, -0.2) is 16.6 Å². The predicted octanol–water partition coefficient (Wildman–Crippen LogP) is 4.62. The molecule has 0 saturated heterocycles. The van der Waals surface area contributed by atoms with Crippen LogP contribution in [0.15, 0.2) is 28.7 Å². The van der Waals surface area contributed by atoms with Crippen molar-refractivity contribution in [2.24, 2.45) is 5.92 Å². The number of para-hydroxylation sites is 1. The van der Waals surface area contributed by atoms with Gasteiger partial charge in [-0.15, -0.1) is 0 Å². The minimum atomic E-state index is 0.0534. The average molecular weight is 368 g/mol. The predicted molar refractivity (Wildman–Crippen MR) is 87.1 cm³/mol. The molecule has 1 aromatic carbocycles. The second-order valence-corrected chi connectivity index (χ2v) is 6.78. The number of hydrogen-bond donors (Lipinski definition) is 0. The van der Waals surface area contributed by atoms with Gasteiger partial charge in [-0.25, -0.2) is 9.97 Å². The first kappa shape index (κ1) is 14.8. The minimum Gasteiger partial charge on any atom is -0.492 e. The van der Waals surface area contributed by atoms with Gasteiger partial charge in [-0.05, 0) is 34.3 Å². The third-order valence-electron chi connectivity index (χ3n) is 3.51. The molecule has 3 nitrogen and oxygen atoms in total. The van der Waals surface area contributed by atoms with Crippen molar-refractivity contribution in [2.45, 2.75) is 26.2 Å². The lowest BCUT2D eigenvalue weighted by atomic mass is 10.00. The molecular weight excluding hydrogens is 352 g/mol. The topological polar surface area (TPSA) is 35.0 Å². The molecule has 21 heavy (non-hydrogen) atoms. The highest BCUT2D eigenvalue weighted by molar-refractivity contribution is 9.10. The van der Waals surface area contributed by atoms with Crippen LogP contribution >= 0.6 is 27.5 Å². The smallest absolute Gasteiger partial charge is 0.147 e. The molecule has 1 aromatic heterocycles. The van der Waals surface area contributed by atoms with E-state index in [2.05, 4.69) is 40.8 Å². The van der Waals surface area contributed by atoms with Crippen LogP contribution in [0, 0.1) is 5.92 Å². The van der Waals surface area contributed by atoms with Crippen LogP contribution in [0.1, 0.15) is 36.8 Å². The fourth-order valence-corrected chi connectivity index (χ4v) is 3.07. The molecule has 1 atom stereocenters. The van der Waals surface area contributed by atoms with Crippen LogP contribution in [0.3, 0.4) is 0 Å². The van der Waals surface area contributed by atoms with Crippen LogP contribution in [0.25, 0.3) is 0 Å². The van der Waals surface area contributed by atoms with Crippen LogP contribution in [0.4, 0.5) is 0 Å². The summed E-state index contributed by atoms with van der Waals surface area (Å²) >= 11 is 9.76. The van der Waals surface area contributed by atoms with Gasteiger partial charge < -0.3 is 4.74 Å². The highest BCUT2D eigenvalue weighted by atomic mass is 79.9. The first-order chi connectivity index (χ1) is 10.1. The molecule has 1 unspecified atom stereocenters. The minimum absolute atomic E-state index is 0.0534. The highest BCUT2D eigenvalue weighted by Crippen LogP contribution is 2.38. The number of ether oxygens (including phenoxy) is 1. The van der Waals surface area contributed by atoms with Crippen molar-refractivity contribution in [3.05, 3.63) is 51.0 Å². The molecule has 0 aliphatic carbocycles. The number of benzene rings is 1. The van der Waals surface area contributed by atoms with Gasteiger partial charge in [-0.3, -0.25) is 0 Å². The average Bonchev–Trinajstić information content (AvgIpc) is 2.87. The summed E-state index contributed by atoms with van der Waals surface area (Å²) in [5.41, 5.74) is 2.09. The molecule has 0 amide bonds. The first-order valence-electron chi connectivity index (χ1n) is 6.99. The molecule has 0 saturated carbocycles. The van der Waals surface area contributed by atoms with Crippen LogP contribution in [-0.2, 0) is 6.42 Å². The van der Waals surface area contributed by atoms with Gasteiger partial charge in [0.15, 0.2) is 0 Å². The summed E-state index contributed by atoms with van der Waals surface area (Å²) in [7, 11) is 0. The van der Waals surface area contributed by atoms with Crippen molar-refractivity contribution < 1.29 is 4.74 Å². The Morgan fingerprint density at radius 2 is 2.10 bits per heavy atom. The summed E-state index contributed by atoms with van der Waals surface area (Å²) < 4.78 is 6.52. The van der Waals surface area contributed by atoms with Crippen molar-refractivity contribution in [1.29, 1.82) is 0 Å². The molecule has 3 rings (SSSR count). The maximum absolute atomic E-state index is 6.27. The van der Waals surface area contributed by atoms with Crippen LogP contribution < -0.4 is 4.74 Å². The number of aromatic nitrogens is 2. The number of fused-ring (bicyclic) bond motifs is 1. The molecule has 0 spiro atoms. The van der Waals surface area contributed by atoms with Crippen molar-refractivity contribution in [3.8, 4) is 5.75 Å². The SMILES string of the molecule is CC(C)Cc1nc(C2COc3ccccc32)nc(Cl)c1Br. The van der Waals surface area contributed by atoms with Gasteiger partial charge in [0, 0.05) is 5.56 Å². The van der Waals surface area contributed by atoms with Crippen LogP contribution in [0.2, 0.25) is 5.15 Å². The Bertz CT molecular complexity index is 675. The maximum atomic E-state index is 6.27. The van der Waals surface area contributed by atoms with E-state index in [4.69, 9.17) is 21.3 Å². The summed E-state index contributed by atoms with van der Waals surface area (Å²) in [6.07, 6.45) is 0.866. The molecule has 1 aliphatic rings. The number of nitrogens with zero attached hydrogens (tertiary/aromatic N) is 2. The van der Waals surface area contributed by atoms with E-state index < -0.39 is 0 Å². The lowest BCUT2D eigenvalue weighted by Crippen LogP contribution is -2.11. The van der Waals surface area contributed by atoms with E-state index in [9.17, 15) is 0 Å². The largest absolute Gasteiger partial charge is 0.492 e. The number of hydrogen-bond acceptors (Lipinski definition) is 3. The number of halogens is 2. The Morgan fingerprint density at radius 1 is 1.33 bits per heavy atom. The van der Waals surface area contributed by atoms with Gasteiger partial charge >= 0.3 is 0 Å². The first-order valence-corrected chi connectivity index (χ1v) is 8.17. The van der Waals surface area contributed by atoms with Crippen LogP contribution in [0.5, 0.6) is 5.75 Å². The summed E-state index contributed by atoms with van der Waals surface area (Å²) in [5, 5.41) is 0.472. The molecule has 5 heteroatoms. The lowest BCUT2D eigenvalue weighted by molar-refractivity contribution is 0.339. The Hall–Kier alpha value is -1.13. The summed E-state index contributed by atoms with van der Waals surface area (Å²) in [6.45, 7) is 4.89. The van der Waals surface area contributed by atoms with E-state index in [0.717, 1.165) is 33.7 Å². The van der Waals surface area contributed by atoms with Crippen molar-refractivity contribution in [2.75, 3.05) is 6.61 Å². The van der Waals surface area contributed by atoms with Crippen molar-refractivity contribution >= 4 is 27.5 Å². The third kappa shape index (κ3) is 2.92. The zero-order valence-corrected chi connectivity index (χ0v) is 14.3. The van der Waals surface area contributed by atoms with Crippen molar-refractivity contribution in [1.82, 2.24) is 9.97 Å².